The van der Waals surface area contributed by atoms with E-state index in [1.165, 1.54) is 16.8 Å². The summed E-state index contributed by atoms with van der Waals surface area (Å²) in [5.41, 5.74) is -0.310. The van der Waals surface area contributed by atoms with Crippen LogP contribution in [0, 0.1) is 11.3 Å². The van der Waals surface area contributed by atoms with Crippen molar-refractivity contribution in [3.63, 3.8) is 0 Å². The third-order valence-corrected chi connectivity index (χ3v) is 5.10. The number of hydrogen-bond acceptors (Lipinski definition) is 4. The number of hydrogen-bond donors (Lipinski definition) is 0. The minimum absolute atomic E-state index is 0.174. The Morgan fingerprint density at radius 3 is 2.29 bits per heavy atom. The average Bonchev–Trinajstić information content (AvgIpc) is 3.30. The molecule has 0 saturated carbocycles. The predicted molar refractivity (Wildman–Crippen MR) is 104 cm³/mol. The van der Waals surface area contributed by atoms with E-state index in [4.69, 9.17) is 5.26 Å². The topological polar surface area (TPSA) is 79.0 Å². The van der Waals surface area contributed by atoms with Crippen LogP contribution in [-0.2, 0) is 12.7 Å². The molecule has 9 heteroatoms. The van der Waals surface area contributed by atoms with Crippen molar-refractivity contribution < 1.29 is 22.8 Å². The molecule has 2 heterocycles. The first-order chi connectivity index (χ1) is 14.7. The number of benzene rings is 2. The van der Waals surface area contributed by atoms with Gasteiger partial charge in [0.2, 0.25) is 0 Å². The molecule has 0 N–H and O–H groups in total. The van der Waals surface area contributed by atoms with E-state index >= 15 is 0 Å². The van der Waals surface area contributed by atoms with E-state index in [9.17, 15) is 22.8 Å². The molecule has 0 spiro atoms. The summed E-state index contributed by atoms with van der Waals surface area (Å²) >= 11 is 0. The number of fused-ring (bicyclic) bond motifs is 1. The summed E-state index contributed by atoms with van der Waals surface area (Å²) in [5, 5.41) is 13.2. The van der Waals surface area contributed by atoms with Gasteiger partial charge in [-0.25, -0.2) is 0 Å². The van der Waals surface area contributed by atoms with Gasteiger partial charge >= 0.3 is 6.18 Å². The van der Waals surface area contributed by atoms with Crippen molar-refractivity contribution in [2.24, 2.45) is 0 Å². The number of halogens is 3. The Morgan fingerprint density at radius 2 is 1.71 bits per heavy atom. The highest BCUT2D eigenvalue weighted by atomic mass is 19.4. The monoisotopic (exact) mass is 424 g/mol. The fourth-order valence-corrected chi connectivity index (χ4v) is 3.61. The number of imide groups is 1. The number of rotatable bonds is 4. The number of alkyl halides is 3. The SMILES string of the molecule is CC(Cn1ccc(-c2ccc(C#N)c(C(F)(F)F)c2)n1)N1C(=O)c2ccccc2C1=O. The standard InChI is InChI=1S/C22H15F3N4O2/c1-13(29-20(30)16-4-2-3-5-17(16)21(29)31)12-28-9-8-19(27-28)14-6-7-15(11-26)18(10-14)22(23,24)25/h2-10,13H,12H2,1H3. The molecule has 1 aromatic heterocycles. The van der Waals surface area contributed by atoms with Crippen LogP contribution in [-0.4, -0.2) is 32.5 Å². The van der Waals surface area contributed by atoms with Gasteiger partial charge in [0.05, 0.1) is 46.6 Å². The van der Waals surface area contributed by atoms with Gasteiger partial charge in [0.25, 0.3) is 11.8 Å². The Morgan fingerprint density at radius 1 is 1.06 bits per heavy atom. The molecule has 1 atom stereocenters. The number of aromatic nitrogens is 2. The molecule has 1 unspecified atom stereocenters. The van der Waals surface area contributed by atoms with Crippen molar-refractivity contribution >= 4 is 11.8 Å². The van der Waals surface area contributed by atoms with Crippen LogP contribution in [0.2, 0.25) is 0 Å². The highest BCUT2D eigenvalue weighted by molar-refractivity contribution is 6.21. The summed E-state index contributed by atoms with van der Waals surface area (Å²) in [6.45, 7) is 1.88. The van der Waals surface area contributed by atoms with Crippen molar-refractivity contribution in [2.75, 3.05) is 0 Å². The minimum atomic E-state index is -4.66. The lowest BCUT2D eigenvalue weighted by molar-refractivity contribution is -0.137. The van der Waals surface area contributed by atoms with Gasteiger partial charge < -0.3 is 0 Å². The van der Waals surface area contributed by atoms with Gasteiger partial charge in [-0.1, -0.05) is 18.2 Å². The summed E-state index contributed by atoms with van der Waals surface area (Å²) in [6, 6.07) is 12.5. The third-order valence-electron chi connectivity index (χ3n) is 5.10. The zero-order valence-electron chi connectivity index (χ0n) is 16.2. The lowest BCUT2D eigenvalue weighted by Gasteiger charge is -2.22. The molecule has 31 heavy (non-hydrogen) atoms. The van der Waals surface area contributed by atoms with Crippen LogP contribution >= 0.6 is 0 Å². The maximum atomic E-state index is 13.2. The number of amides is 2. The Hall–Kier alpha value is -3.93. The van der Waals surface area contributed by atoms with E-state index < -0.39 is 23.3 Å². The largest absolute Gasteiger partial charge is 0.417 e. The van der Waals surface area contributed by atoms with Gasteiger partial charge in [0.1, 0.15) is 0 Å². The zero-order valence-corrected chi connectivity index (χ0v) is 16.2. The Balaban J connectivity index is 1.56. The molecule has 0 aliphatic carbocycles. The summed E-state index contributed by atoms with van der Waals surface area (Å²) in [4.78, 5) is 26.4. The molecule has 3 aromatic rings. The lowest BCUT2D eigenvalue weighted by atomic mass is 10.0. The first-order valence-corrected chi connectivity index (χ1v) is 9.33. The van der Waals surface area contributed by atoms with Crippen LogP contribution in [0.5, 0.6) is 0 Å². The Bertz CT molecular complexity index is 1210. The molecule has 1 aliphatic heterocycles. The highest BCUT2D eigenvalue weighted by Gasteiger charge is 2.38. The van der Waals surface area contributed by atoms with Crippen LogP contribution in [0.1, 0.15) is 38.8 Å². The average molecular weight is 424 g/mol. The van der Waals surface area contributed by atoms with Gasteiger partial charge in [-0.15, -0.1) is 0 Å². The second-order valence-electron chi connectivity index (χ2n) is 7.17. The minimum Gasteiger partial charge on any atom is -0.270 e. The normalized spacial score (nSPS) is 14.5. The number of nitriles is 1. The van der Waals surface area contributed by atoms with Gasteiger partial charge in [0.15, 0.2) is 0 Å². The van der Waals surface area contributed by atoms with Gasteiger partial charge in [-0.3, -0.25) is 19.2 Å². The second-order valence-corrected chi connectivity index (χ2v) is 7.17. The van der Waals surface area contributed by atoms with Crippen LogP contribution in [0.4, 0.5) is 13.2 Å². The van der Waals surface area contributed by atoms with Crippen molar-refractivity contribution in [1.82, 2.24) is 14.7 Å². The van der Waals surface area contributed by atoms with Crippen molar-refractivity contribution in [1.29, 1.82) is 5.26 Å². The van der Waals surface area contributed by atoms with Gasteiger partial charge in [0, 0.05) is 11.8 Å². The maximum Gasteiger partial charge on any atom is 0.417 e. The smallest absolute Gasteiger partial charge is 0.270 e. The van der Waals surface area contributed by atoms with E-state index in [0.717, 1.165) is 17.0 Å². The molecule has 1 aliphatic rings. The van der Waals surface area contributed by atoms with Crippen molar-refractivity contribution in [3.8, 4) is 17.3 Å². The Labute approximate surface area is 175 Å². The zero-order chi connectivity index (χ0) is 22.3. The first kappa shape index (κ1) is 20.3. The number of carbonyl (C=O) groups is 2. The molecule has 2 amide bonds. The molecule has 2 aromatic carbocycles. The fourth-order valence-electron chi connectivity index (χ4n) is 3.61. The fraction of sp³-hybridized carbons (Fsp3) is 0.182. The quantitative estimate of drug-likeness (QED) is 0.590. The Kier molecular flexibility index (Phi) is 4.85. The molecule has 0 saturated heterocycles. The van der Waals surface area contributed by atoms with E-state index in [2.05, 4.69) is 5.10 Å². The number of nitrogens with zero attached hydrogens (tertiary/aromatic N) is 4. The maximum absolute atomic E-state index is 13.2. The van der Waals surface area contributed by atoms with Crippen LogP contribution in [0.3, 0.4) is 0 Å². The molecular formula is C22H15F3N4O2. The molecular weight excluding hydrogens is 409 g/mol. The van der Waals surface area contributed by atoms with Crippen LogP contribution in [0.15, 0.2) is 54.7 Å². The first-order valence-electron chi connectivity index (χ1n) is 9.33. The van der Waals surface area contributed by atoms with Crippen molar-refractivity contribution in [3.05, 3.63) is 77.0 Å². The second kappa shape index (κ2) is 7.40. The van der Waals surface area contributed by atoms with Crippen LogP contribution < -0.4 is 0 Å². The molecule has 0 bridgehead atoms. The van der Waals surface area contributed by atoms with Crippen molar-refractivity contribution in [2.45, 2.75) is 25.7 Å². The van der Waals surface area contributed by atoms with E-state index in [-0.39, 0.29) is 29.6 Å². The van der Waals surface area contributed by atoms with E-state index in [1.54, 1.807) is 43.5 Å². The van der Waals surface area contributed by atoms with Gasteiger partial charge in [-0.05, 0) is 37.3 Å². The summed E-state index contributed by atoms with van der Waals surface area (Å²) < 4.78 is 41.1. The van der Waals surface area contributed by atoms with Crippen LogP contribution in [0.25, 0.3) is 11.3 Å². The van der Waals surface area contributed by atoms with E-state index in [0.29, 0.717) is 11.1 Å². The molecule has 0 fully saturated rings. The number of carbonyl (C=O) groups excluding carboxylic acids is 2. The predicted octanol–water partition coefficient (Wildman–Crippen LogP) is 4.13. The molecule has 6 nitrogen and oxygen atoms in total. The van der Waals surface area contributed by atoms with E-state index in [1.807, 2.05) is 0 Å². The molecule has 156 valence electrons. The molecule has 0 radical (unpaired) electrons. The molecule has 4 rings (SSSR count). The lowest BCUT2D eigenvalue weighted by Crippen LogP contribution is -2.40. The highest BCUT2D eigenvalue weighted by Crippen LogP contribution is 2.34. The summed E-state index contributed by atoms with van der Waals surface area (Å²) in [7, 11) is 0. The summed E-state index contributed by atoms with van der Waals surface area (Å²) in [6.07, 6.45) is -3.10. The van der Waals surface area contributed by atoms with Gasteiger partial charge in [-0.2, -0.15) is 23.5 Å². The summed E-state index contributed by atoms with van der Waals surface area (Å²) in [5.74, 6) is -0.773. The third kappa shape index (κ3) is 3.57.